The topological polar surface area (TPSA) is 40.6 Å². The van der Waals surface area contributed by atoms with Crippen LogP contribution in [0.3, 0.4) is 0 Å². The molecule has 2 aliphatic rings. The number of rotatable bonds is 2. The van der Waals surface area contributed by atoms with Gasteiger partial charge in [-0.3, -0.25) is 9.59 Å². The fourth-order valence-corrected chi connectivity index (χ4v) is 3.04. The van der Waals surface area contributed by atoms with Crippen molar-refractivity contribution in [3.63, 3.8) is 0 Å². The highest BCUT2D eigenvalue weighted by atomic mass is 19.4. The van der Waals surface area contributed by atoms with E-state index in [1.165, 1.54) is 18.7 Å². The Morgan fingerprint density at radius 3 is 2.53 bits per heavy atom. The van der Waals surface area contributed by atoms with Crippen LogP contribution in [0.2, 0.25) is 0 Å². The van der Waals surface area contributed by atoms with Crippen molar-refractivity contribution >= 4 is 11.8 Å². The number of hydrogen-bond donors (Lipinski definition) is 0. The van der Waals surface area contributed by atoms with Crippen molar-refractivity contribution in [2.45, 2.75) is 57.4 Å². The van der Waals surface area contributed by atoms with E-state index in [-0.39, 0.29) is 11.8 Å². The molecule has 0 aromatic carbocycles. The van der Waals surface area contributed by atoms with Crippen LogP contribution in [0.4, 0.5) is 13.2 Å². The monoisotopic (exact) mass is 278 g/mol. The molecule has 2 saturated heterocycles. The van der Waals surface area contributed by atoms with E-state index >= 15 is 0 Å². The zero-order valence-electron chi connectivity index (χ0n) is 10.9. The first-order valence-electron chi connectivity index (χ1n) is 6.42. The van der Waals surface area contributed by atoms with Crippen molar-refractivity contribution in [2.75, 3.05) is 6.54 Å². The minimum atomic E-state index is -4.34. The van der Waals surface area contributed by atoms with Gasteiger partial charge < -0.3 is 9.80 Å². The number of hydrogen-bond acceptors (Lipinski definition) is 2. The van der Waals surface area contributed by atoms with Gasteiger partial charge in [0.15, 0.2) is 0 Å². The number of alkyl halides is 3. The minimum absolute atomic E-state index is 0.240. The van der Waals surface area contributed by atoms with E-state index in [1.807, 2.05) is 0 Å². The second-order valence-corrected chi connectivity index (χ2v) is 5.28. The van der Waals surface area contributed by atoms with Gasteiger partial charge in [-0.15, -0.1) is 0 Å². The summed E-state index contributed by atoms with van der Waals surface area (Å²) in [5, 5.41) is 0. The lowest BCUT2D eigenvalue weighted by atomic mass is 10.0. The quantitative estimate of drug-likeness (QED) is 0.769. The summed E-state index contributed by atoms with van der Waals surface area (Å²) >= 11 is 0. The SMILES string of the molecule is CC(CC(F)(F)F)N1C(=O)C2CCCN2C(=O)C1C. The zero-order chi connectivity index (χ0) is 14.4. The lowest BCUT2D eigenvalue weighted by molar-refractivity contribution is -0.171. The number of carbonyl (C=O) groups excluding carboxylic acids is 2. The third-order valence-corrected chi connectivity index (χ3v) is 3.85. The molecule has 7 heteroatoms. The van der Waals surface area contributed by atoms with Crippen molar-refractivity contribution in [3.8, 4) is 0 Å². The highest BCUT2D eigenvalue weighted by Gasteiger charge is 2.48. The zero-order valence-corrected chi connectivity index (χ0v) is 10.9. The van der Waals surface area contributed by atoms with Gasteiger partial charge in [0.05, 0.1) is 6.42 Å². The maximum absolute atomic E-state index is 12.4. The number of carbonyl (C=O) groups is 2. The van der Waals surface area contributed by atoms with Gasteiger partial charge in [0.2, 0.25) is 11.8 Å². The first-order chi connectivity index (χ1) is 8.72. The molecule has 0 bridgehead atoms. The van der Waals surface area contributed by atoms with Crippen LogP contribution >= 0.6 is 0 Å². The van der Waals surface area contributed by atoms with E-state index in [9.17, 15) is 22.8 Å². The van der Waals surface area contributed by atoms with Gasteiger partial charge in [0.1, 0.15) is 12.1 Å². The van der Waals surface area contributed by atoms with E-state index in [0.29, 0.717) is 13.0 Å². The molecule has 108 valence electrons. The summed E-state index contributed by atoms with van der Waals surface area (Å²) in [7, 11) is 0. The summed E-state index contributed by atoms with van der Waals surface area (Å²) < 4.78 is 37.3. The standard InChI is InChI=1S/C12H17F3N2O2/c1-7(6-12(13,14)15)17-8(2)10(18)16-5-3-4-9(16)11(17)19/h7-9H,3-6H2,1-2H3. The summed E-state index contributed by atoms with van der Waals surface area (Å²) in [4.78, 5) is 27.0. The molecule has 0 radical (unpaired) electrons. The fourth-order valence-electron chi connectivity index (χ4n) is 3.04. The van der Waals surface area contributed by atoms with Crippen molar-refractivity contribution in [3.05, 3.63) is 0 Å². The predicted molar refractivity (Wildman–Crippen MR) is 61.2 cm³/mol. The van der Waals surface area contributed by atoms with E-state index in [2.05, 4.69) is 0 Å². The molecule has 0 aliphatic carbocycles. The van der Waals surface area contributed by atoms with Crippen LogP contribution in [0.15, 0.2) is 0 Å². The van der Waals surface area contributed by atoms with Crippen LogP contribution in [0, 0.1) is 0 Å². The molecule has 0 aromatic rings. The molecule has 19 heavy (non-hydrogen) atoms. The minimum Gasteiger partial charge on any atom is -0.329 e. The highest BCUT2D eigenvalue weighted by Crippen LogP contribution is 2.31. The van der Waals surface area contributed by atoms with Crippen LogP contribution in [0.5, 0.6) is 0 Å². The van der Waals surface area contributed by atoms with Gasteiger partial charge in [-0.25, -0.2) is 0 Å². The van der Waals surface area contributed by atoms with Crippen LogP contribution < -0.4 is 0 Å². The van der Waals surface area contributed by atoms with Crippen molar-refractivity contribution in [1.82, 2.24) is 9.80 Å². The Labute approximate surface area is 109 Å². The van der Waals surface area contributed by atoms with Gasteiger partial charge in [-0.1, -0.05) is 0 Å². The Morgan fingerprint density at radius 2 is 1.95 bits per heavy atom. The molecule has 2 fully saturated rings. The Kier molecular flexibility index (Phi) is 3.49. The predicted octanol–water partition coefficient (Wildman–Crippen LogP) is 1.55. The summed E-state index contributed by atoms with van der Waals surface area (Å²) in [6, 6.07) is -2.37. The number of nitrogens with zero attached hydrogens (tertiary/aromatic N) is 2. The van der Waals surface area contributed by atoms with Crippen LogP contribution in [-0.4, -0.2) is 52.5 Å². The van der Waals surface area contributed by atoms with Crippen LogP contribution in [-0.2, 0) is 9.59 Å². The number of piperazine rings is 1. The maximum Gasteiger partial charge on any atom is 0.391 e. The largest absolute Gasteiger partial charge is 0.391 e. The molecule has 2 rings (SSSR count). The molecule has 2 amide bonds. The smallest absolute Gasteiger partial charge is 0.329 e. The van der Waals surface area contributed by atoms with Crippen molar-refractivity contribution in [1.29, 1.82) is 0 Å². The number of halogens is 3. The van der Waals surface area contributed by atoms with Gasteiger partial charge in [0.25, 0.3) is 0 Å². The van der Waals surface area contributed by atoms with E-state index in [1.54, 1.807) is 0 Å². The summed E-state index contributed by atoms with van der Waals surface area (Å²) in [5.41, 5.74) is 0. The van der Waals surface area contributed by atoms with E-state index < -0.39 is 30.7 Å². The summed E-state index contributed by atoms with van der Waals surface area (Å²) in [6.45, 7) is 3.38. The third kappa shape index (κ3) is 2.55. The van der Waals surface area contributed by atoms with Gasteiger partial charge >= 0.3 is 6.18 Å². The van der Waals surface area contributed by atoms with Crippen molar-refractivity contribution < 1.29 is 22.8 Å². The molecular formula is C12H17F3N2O2. The molecule has 0 aromatic heterocycles. The second-order valence-electron chi connectivity index (χ2n) is 5.28. The molecule has 0 saturated carbocycles. The van der Waals surface area contributed by atoms with Gasteiger partial charge in [0, 0.05) is 12.6 Å². The lowest BCUT2D eigenvalue weighted by Crippen LogP contribution is -2.64. The van der Waals surface area contributed by atoms with Gasteiger partial charge in [-0.2, -0.15) is 13.2 Å². The molecular weight excluding hydrogens is 261 g/mol. The fraction of sp³-hybridized carbons (Fsp3) is 0.833. The first kappa shape index (κ1) is 14.1. The van der Waals surface area contributed by atoms with Gasteiger partial charge in [-0.05, 0) is 26.7 Å². The molecule has 0 N–H and O–H groups in total. The molecule has 2 aliphatic heterocycles. The molecule has 3 atom stereocenters. The van der Waals surface area contributed by atoms with E-state index in [0.717, 1.165) is 11.3 Å². The second kappa shape index (κ2) is 4.68. The van der Waals surface area contributed by atoms with Crippen molar-refractivity contribution in [2.24, 2.45) is 0 Å². The molecule has 4 nitrogen and oxygen atoms in total. The number of amides is 2. The molecule has 2 heterocycles. The Hall–Kier alpha value is -1.27. The molecule has 0 spiro atoms. The highest BCUT2D eigenvalue weighted by molar-refractivity contribution is 5.97. The summed E-state index contributed by atoms with van der Waals surface area (Å²) in [5.74, 6) is -0.586. The maximum atomic E-state index is 12.4. The van der Waals surface area contributed by atoms with Crippen LogP contribution in [0.1, 0.15) is 33.1 Å². The Bertz CT molecular complexity index is 397. The average Bonchev–Trinajstić information content (AvgIpc) is 2.72. The first-order valence-corrected chi connectivity index (χ1v) is 6.42. The normalized spacial score (nSPS) is 29.7. The molecule has 3 unspecified atom stereocenters. The third-order valence-electron chi connectivity index (χ3n) is 3.85. The average molecular weight is 278 g/mol. The van der Waals surface area contributed by atoms with E-state index in [4.69, 9.17) is 0 Å². The Balaban J connectivity index is 2.19. The lowest BCUT2D eigenvalue weighted by Gasteiger charge is -2.44. The summed E-state index contributed by atoms with van der Waals surface area (Å²) in [6.07, 6.45) is -4.14. The Morgan fingerprint density at radius 1 is 1.32 bits per heavy atom. The van der Waals surface area contributed by atoms with Crippen LogP contribution in [0.25, 0.3) is 0 Å². The number of fused-ring (bicyclic) bond motifs is 1.